The zero-order valence-corrected chi connectivity index (χ0v) is 19.2. The molecule has 1 atom stereocenters. The number of guanidine groups is 1. The van der Waals surface area contributed by atoms with E-state index in [-0.39, 0.29) is 36.3 Å². The third-order valence-corrected chi connectivity index (χ3v) is 4.66. The van der Waals surface area contributed by atoms with E-state index in [4.69, 9.17) is 10.00 Å². The molecule has 1 aromatic rings. The number of rotatable bonds is 7. The summed E-state index contributed by atoms with van der Waals surface area (Å²) in [5.41, 5.74) is 0.893. The molecule has 0 saturated carbocycles. The quantitative estimate of drug-likeness (QED) is 0.340. The molecule has 1 unspecified atom stereocenters. The molecule has 156 valence electrons. The number of morpholine rings is 1. The maximum absolute atomic E-state index is 13.9. The number of hydrogen-bond donors (Lipinski definition) is 2. The maximum Gasteiger partial charge on any atom is 0.191 e. The van der Waals surface area contributed by atoms with Crippen molar-refractivity contribution in [2.24, 2.45) is 10.9 Å². The lowest BCUT2D eigenvalue weighted by Gasteiger charge is -2.35. The molecule has 2 N–H and O–H groups in total. The molecule has 1 heterocycles. The fourth-order valence-corrected chi connectivity index (χ4v) is 3.24. The summed E-state index contributed by atoms with van der Waals surface area (Å²) in [7, 11) is 1.70. The summed E-state index contributed by atoms with van der Waals surface area (Å²) < 4.78 is 19.4. The van der Waals surface area contributed by atoms with Crippen LogP contribution in [0.25, 0.3) is 0 Å². The van der Waals surface area contributed by atoms with Crippen molar-refractivity contribution in [3.05, 3.63) is 35.1 Å². The SMILES string of the molecule is CN=C(NCc1cc(C#N)ccc1F)NCC(CC(C)C)N1CCOCC1.I. The van der Waals surface area contributed by atoms with Gasteiger partial charge in [0.1, 0.15) is 5.82 Å². The van der Waals surface area contributed by atoms with Crippen molar-refractivity contribution in [3.63, 3.8) is 0 Å². The minimum absolute atomic E-state index is 0. The Morgan fingerprint density at radius 2 is 2.04 bits per heavy atom. The van der Waals surface area contributed by atoms with Crippen molar-refractivity contribution in [1.82, 2.24) is 15.5 Å². The molecule has 0 aliphatic carbocycles. The summed E-state index contributed by atoms with van der Waals surface area (Å²) in [5, 5.41) is 15.5. The summed E-state index contributed by atoms with van der Waals surface area (Å²) in [4.78, 5) is 6.69. The Kier molecular flexibility index (Phi) is 11.3. The van der Waals surface area contributed by atoms with Crippen LogP contribution in [0, 0.1) is 23.1 Å². The van der Waals surface area contributed by atoms with Gasteiger partial charge in [-0.1, -0.05) is 13.8 Å². The van der Waals surface area contributed by atoms with Gasteiger partial charge in [0.25, 0.3) is 0 Å². The molecule has 8 heteroatoms. The van der Waals surface area contributed by atoms with E-state index < -0.39 is 0 Å². The standard InChI is InChI=1S/C20H30FN5O.HI/c1-15(2)10-18(26-6-8-27-9-7-26)14-25-20(23-3)24-13-17-11-16(12-22)4-5-19(17)21;/h4-5,11,15,18H,6-10,13-14H2,1-3H3,(H2,23,24,25);1H. The van der Waals surface area contributed by atoms with Gasteiger partial charge in [0.05, 0.1) is 24.8 Å². The zero-order chi connectivity index (χ0) is 19.6. The summed E-state index contributed by atoms with van der Waals surface area (Å²) >= 11 is 0. The van der Waals surface area contributed by atoms with Crippen molar-refractivity contribution in [2.75, 3.05) is 39.9 Å². The monoisotopic (exact) mass is 503 g/mol. The Hall–Kier alpha value is -1.44. The number of nitrogens with zero attached hydrogens (tertiary/aromatic N) is 3. The molecule has 0 radical (unpaired) electrons. The number of nitrogens with one attached hydrogen (secondary N) is 2. The summed E-state index contributed by atoms with van der Waals surface area (Å²) in [6.07, 6.45) is 1.09. The van der Waals surface area contributed by atoms with Gasteiger partial charge < -0.3 is 15.4 Å². The third kappa shape index (κ3) is 7.89. The van der Waals surface area contributed by atoms with Gasteiger partial charge in [-0.05, 0) is 30.5 Å². The third-order valence-electron chi connectivity index (χ3n) is 4.66. The van der Waals surface area contributed by atoms with Crippen molar-refractivity contribution in [3.8, 4) is 6.07 Å². The molecule has 1 aromatic carbocycles. The first kappa shape index (κ1) is 24.6. The first-order valence-corrected chi connectivity index (χ1v) is 9.48. The normalized spacial score (nSPS) is 16.2. The zero-order valence-electron chi connectivity index (χ0n) is 16.9. The Morgan fingerprint density at radius 3 is 2.64 bits per heavy atom. The van der Waals surface area contributed by atoms with Crippen molar-refractivity contribution < 1.29 is 9.13 Å². The lowest BCUT2D eigenvalue weighted by Crippen LogP contribution is -2.51. The second-order valence-corrected chi connectivity index (χ2v) is 7.16. The molecular weight excluding hydrogens is 472 g/mol. The molecule has 0 spiro atoms. The van der Waals surface area contributed by atoms with Crippen LogP contribution in [0.1, 0.15) is 31.4 Å². The van der Waals surface area contributed by atoms with Crippen LogP contribution in [0.2, 0.25) is 0 Å². The van der Waals surface area contributed by atoms with E-state index in [0.717, 1.165) is 39.3 Å². The number of nitriles is 1. The summed E-state index contributed by atoms with van der Waals surface area (Å²) in [6.45, 7) is 8.92. The van der Waals surface area contributed by atoms with E-state index in [2.05, 4.69) is 34.4 Å². The van der Waals surface area contributed by atoms with Crippen LogP contribution in [0.4, 0.5) is 4.39 Å². The van der Waals surface area contributed by atoms with E-state index >= 15 is 0 Å². The number of hydrogen-bond acceptors (Lipinski definition) is 4. The van der Waals surface area contributed by atoms with Gasteiger partial charge in [0.2, 0.25) is 0 Å². The van der Waals surface area contributed by atoms with Gasteiger partial charge in [-0.3, -0.25) is 9.89 Å². The van der Waals surface area contributed by atoms with Crippen LogP contribution >= 0.6 is 24.0 Å². The van der Waals surface area contributed by atoms with E-state index in [0.29, 0.717) is 29.0 Å². The molecule has 1 saturated heterocycles. The minimum Gasteiger partial charge on any atom is -0.379 e. The molecule has 28 heavy (non-hydrogen) atoms. The van der Waals surface area contributed by atoms with Gasteiger partial charge in [-0.15, -0.1) is 24.0 Å². The van der Waals surface area contributed by atoms with Crippen LogP contribution in [0.15, 0.2) is 23.2 Å². The molecule has 1 fully saturated rings. The average Bonchev–Trinajstić information content (AvgIpc) is 2.68. The smallest absolute Gasteiger partial charge is 0.191 e. The Balaban J connectivity index is 0.00000392. The number of benzene rings is 1. The molecule has 6 nitrogen and oxygen atoms in total. The van der Waals surface area contributed by atoms with Gasteiger partial charge in [0.15, 0.2) is 5.96 Å². The predicted molar refractivity (Wildman–Crippen MR) is 120 cm³/mol. The number of halogens is 2. The topological polar surface area (TPSA) is 72.7 Å². The molecular formula is C20H31FIN5O. The van der Waals surface area contributed by atoms with E-state index in [1.807, 2.05) is 6.07 Å². The summed E-state index contributed by atoms with van der Waals surface area (Å²) in [5.74, 6) is 0.888. The van der Waals surface area contributed by atoms with E-state index in [9.17, 15) is 4.39 Å². The van der Waals surface area contributed by atoms with Crippen molar-refractivity contribution in [2.45, 2.75) is 32.9 Å². The van der Waals surface area contributed by atoms with Gasteiger partial charge >= 0.3 is 0 Å². The minimum atomic E-state index is -0.331. The maximum atomic E-state index is 13.9. The second kappa shape index (κ2) is 12.9. The highest BCUT2D eigenvalue weighted by molar-refractivity contribution is 14.0. The molecule has 0 bridgehead atoms. The van der Waals surface area contributed by atoms with Gasteiger partial charge in [-0.2, -0.15) is 5.26 Å². The highest BCUT2D eigenvalue weighted by atomic mass is 127. The lowest BCUT2D eigenvalue weighted by molar-refractivity contribution is 0.0132. The molecule has 1 aliphatic rings. The molecule has 0 amide bonds. The van der Waals surface area contributed by atoms with Crippen molar-refractivity contribution in [1.29, 1.82) is 5.26 Å². The molecule has 1 aliphatic heterocycles. The van der Waals surface area contributed by atoms with Gasteiger partial charge in [0, 0.05) is 44.8 Å². The Labute approximate surface area is 184 Å². The van der Waals surface area contributed by atoms with Crippen molar-refractivity contribution >= 4 is 29.9 Å². The number of ether oxygens (including phenoxy) is 1. The van der Waals surface area contributed by atoms with Crippen LogP contribution in [0.5, 0.6) is 0 Å². The fourth-order valence-electron chi connectivity index (χ4n) is 3.24. The van der Waals surface area contributed by atoms with E-state index in [1.165, 1.54) is 12.1 Å². The lowest BCUT2D eigenvalue weighted by atomic mass is 10.0. The first-order valence-electron chi connectivity index (χ1n) is 9.48. The first-order chi connectivity index (χ1) is 13.0. The predicted octanol–water partition coefficient (Wildman–Crippen LogP) is 2.73. The second-order valence-electron chi connectivity index (χ2n) is 7.16. The van der Waals surface area contributed by atoms with E-state index in [1.54, 1.807) is 13.1 Å². The molecule has 0 aromatic heterocycles. The van der Waals surface area contributed by atoms with Crippen LogP contribution in [-0.2, 0) is 11.3 Å². The fraction of sp³-hybridized carbons (Fsp3) is 0.600. The van der Waals surface area contributed by atoms with Crippen LogP contribution in [-0.4, -0.2) is 56.8 Å². The largest absolute Gasteiger partial charge is 0.379 e. The summed E-state index contributed by atoms with van der Waals surface area (Å²) in [6, 6.07) is 6.79. The van der Waals surface area contributed by atoms with Crippen LogP contribution in [0.3, 0.4) is 0 Å². The Bertz CT molecular complexity index is 671. The van der Waals surface area contributed by atoms with Crippen LogP contribution < -0.4 is 10.6 Å². The highest BCUT2D eigenvalue weighted by Gasteiger charge is 2.22. The number of aliphatic imine (C=N–C) groups is 1. The van der Waals surface area contributed by atoms with Gasteiger partial charge in [-0.25, -0.2) is 4.39 Å². The highest BCUT2D eigenvalue weighted by Crippen LogP contribution is 2.13. The molecule has 2 rings (SSSR count). The average molecular weight is 503 g/mol. The Morgan fingerprint density at radius 1 is 1.32 bits per heavy atom.